The van der Waals surface area contributed by atoms with Gasteiger partial charge in [0.25, 0.3) is 0 Å². The van der Waals surface area contributed by atoms with Crippen LogP contribution in [0.3, 0.4) is 0 Å². The van der Waals surface area contributed by atoms with Crippen LogP contribution in [0.1, 0.15) is 25.5 Å². The molecule has 7 heteroatoms. The molecule has 0 saturated heterocycles. The van der Waals surface area contributed by atoms with Gasteiger partial charge in [0, 0.05) is 12.8 Å². The van der Waals surface area contributed by atoms with E-state index in [4.69, 9.17) is 0 Å². The maximum Gasteiger partial charge on any atom is 0.154 e. The van der Waals surface area contributed by atoms with Gasteiger partial charge in [-0.05, 0) is 5.92 Å². The smallest absolute Gasteiger partial charge is 0.154 e. The molecule has 0 radical (unpaired) electrons. The number of hydrogen-bond donors (Lipinski definition) is 0. The van der Waals surface area contributed by atoms with Crippen LogP contribution in [-0.2, 0) is 27.5 Å². The van der Waals surface area contributed by atoms with Crippen LogP contribution in [-0.4, -0.2) is 29.4 Å². The molecule has 16 heavy (non-hydrogen) atoms. The van der Waals surface area contributed by atoms with E-state index < -0.39 is 9.84 Å². The summed E-state index contributed by atoms with van der Waals surface area (Å²) in [6.45, 7) is 4.88. The zero-order chi connectivity index (χ0) is 12.3. The van der Waals surface area contributed by atoms with E-state index in [1.165, 1.54) is 6.26 Å². The Morgan fingerprint density at radius 2 is 1.88 bits per heavy atom. The minimum Gasteiger partial charge on any atom is -0.313 e. The maximum absolute atomic E-state index is 11.2. The van der Waals surface area contributed by atoms with E-state index in [1.54, 1.807) is 0 Å². The summed E-state index contributed by atoms with van der Waals surface area (Å²) in [6.07, 6.45) is 1.20. The second-order valence-electron chi connectivity index (χ2n) is 4.24. The monoisotopic (exact) mass is 309 g/mol. The van der Waals surface area contributed by atoms with Crippen molar-refractivity contribution in [2.24, 2.45) is 5.92 Å². The molecule has 0 spiro atoms. The molecule has 0 N–H and O–H groups in total. The highest BCUT2D eigenvalue weighted by molar-refractivity contribution is 9.08. The molecule has 0 aliphatic carbocycles. The Morgan fingerprint density at radius 3 is 2.31 bits per heavy atom. The van der Waals surface area contributed by atoms with Gasteiger partial charge < -0.3 is 4.57 Å². The quantitative estimate of drug-likeness (QED) is 0.771. The Balaban J connectivity index is 3.04. The zero-order valence-electron chi connectivity index (χ0n) is 9.64. The first-order chi connectivity index (χ1) is 7.33. The summed E-state index contributed by atoms with van der Waals surface area (Å²) in [7, 11) is -3.07. The highest BCUT2D eigenvalue weighted by Gasteiger charge is 2.16. The van der Waals surface area contributed by atoms with Gasteiger partial charge in [-0.25, -0.2) is 8.42 Å². The van der Waals surface area contributed by atoms with Crippen LogP contribution >= 0.6 is 15.9 Å². The van der Waals surface area contributed by atoms with Crippen molar-refractivity contribution in [2.45, 2.75) is 31.5 Å². The number of halogens is 1. The zero-order valence-corrected chi connectivity index (χ0v) is 12.0. The van der Waals surface area contributed by atoms with E-state index in [-0.39, 0.29) is 5.75 Å². The number of alkyl halides is 1. The SMILES string of the molecule is CC(C)Cn1c(CBr)nnc1CS(C)(=O)=O. The minimum atomic E-state index is -3.07. The summed E-state index contributed by atoms with van der Waals surface area (Å²) in [5, 5.41) is 8.48. The summed E-state index contributed by atoms with van der Waals surface area (Å²) in [5.41, 5.74) is 0. The van der Waals surface area contributed by atoms with Crippen LogP contribution in [0, 0.1) is 5.92 Å². The van der Waals surface area contributed by atoms with E-state index in [0.717, 1.165) is 12.4 Å². The molecular formula is C9H16BrN3O2S. The Bertz CT molecular complexity index is 453. The highest BCUT2D eigenvalue weighted by Crippen LogP contribution is 2.12. The van der Waals surface area contributed by atoms with Crippen molar-refractivity contribution in [1.29, 1.82) is 0 Å². The van der Waals surface area contributed by atoms with Crippen molar-refractivity contribution < 1.29 is 8.42 Å². The third kappa shape index (κ3) is 3.86. The molecule has 0 atom stereocenters. The average Bonchev–Trinajstić information content (AvgIpc) is 2.45. The number of aromatic nitrogens is 3. The van der Waals surface area contributed by atoms with Crippen LogP contribution in [0.15, 0.2) is 0 Å². The predicted molar refractivity (Wildman–Crippen MR) is 66.0 cm³/mol. The summed E-state index contributed by atoms with van der Waals surface area (Å²) in [5.74, 6) is 1.66. The Hall–Kier alpha value is -0.430. The molecule has 0 fully saturated rings. The third-order valence-corrected chi connectivity index (χ3v) is 3.25. The lowest BCUT2D eigenvalue weighted by molar-refractivity contribution is 0.501. The molecule has 0 amide bonds. The van der Waals surface area contributed by atoms with Gasteiger partial charge in [-0.1, -0.05) is 29.8 Å². The third-order valence-electron chi connectivity index (χ3n) is 1.96. The fraction of sp³-hybridized carbons (Fsp3) is 0.778. The van der Waals surface area contributed by atoms with Crippen molar-refractivity contribution in [3.05, 3.63) is 11.6 Å². The largest absolute Gasteiger partial charge is 0.313 e. The van der Waals surface area contributed by atoms with Gasteiger partial charge in [0.2, 0.25) is 0 Å². The van der Waals surface area contributed by atoms with Crippen molar-refractivity contribution in [2.75, 3.05) is 6.26 Å². The summed E-state index contributed by atoms with van der Waals surface area (Å²) < 4.78 is 24.4. The Morgan fingerprint density at radius 1 is 1.31 bits per heavy atom. The van der Waals surface area contributed by atoms with Crippen LogP contribution < -0.4 is 0 Å². The normalized spacial score (nSPS) is 12.3. The molecule has 1 heterocycles. The van der Waals surface area contributed by atoms with Gasteiger partial charge in [-0.3, -0.25) is 0 Å². The fourth-order valence-electron chi connectivity index (χ4n) is 1.39. The van der Waals surface area contributed by atoms with E-state index in [9.17, 15) is 8.42 Å². The lowest BCUT2D eigenvalue weighted by atomic mass is 10.2. The lowest BCUT2D eigenvalue weighted by Crippen LogP contribution is -2.14. The topological polar surface area (TPSA) is 64.8 Å². The average molecular weight is 310 g/mol. The number of sulfone groups is 1. The number of rotatable bonds is 5. The molecule has 0 aliphatic heterocycles. The van der Waals surface area contributed by atoms with E-state index in [1.807, 2.05) is 4.57 Å². The molecule has 0 bridgehead atoms. The van der Waals surface area contributed by atoms with Crippen molar-refractivity contribution >= 4 is 25.8 Å². The fourth-order valence-corrected chi connectivity index (χ4v) is 2.49. The molecule has 0 saturated carbocycles. The van der Waals surface area contributed by atoms with Crippen LogP contribution in [0.4, 0.5) is 0 Å². The summed E-state index contributed by atoms with van der Waals surface area (Å²) in [6, 6.07) is 0. The van der Waals surface area contributed by atoms with Gasteiger partial charge in [-0.15, -0.1) is 10.2 Å². The summed E-state index contributed by atoms with van der Waals surface area (Å²) in [4.78, 5) is 0. The summed E-state index contributed by atoms with van der Waals surface area (Å²) >= 11 is 3.32. The first-order valence-corrected chi connectivity index (χ1v) is 8.16. The molecule has 0 aromatic carbocycles. The van der Waals surface area contributed by atoms with Crippen LogP contribution in [0.25, 0.3) is 0 Å². The number of hydrogen-bond acceptors (Lipinski definition) is 4. The first-order valence-electron chi connectivity index (χ1n) is 4.98. The van der Waals surface area contributed by atoms with Gasteiger partial charge in [0.15, 0.2) is 9.84 Å². The molecule has 92 valence electrons. The van der Waals surface area contributed by atoms with E-state index in [0.29, 0.717) is 17.1 Å². The standard InChI is InChI=1S/C9H16BrN3O2S/c1-7(2)5-13-8(4-10)11-12-9(13)6-16(3,14)15/h7H,4-6H2,1-3H3. The van der Waals surface area contributed by atoms with Crippen LogP contribution in [0.2, 0.25) is 0 Å². The maximum atomic E-state index is 11.2. The van der Waals surface area contributed by atoms with Crippen molar-refractivity contribution in [1.82, 2.24) is 14.8 Å². The second-order valence-corrected chi connectivity index (χ2v) is 6.94. The van der Waals surface area contributed by atoms with Gasteiger partial charge in [-0.2, -0.15) is 0 Å². The van der Waals surface area contributed by atoms with Crippen molar-refractivity contribution in [3.63, 3.8) is 0 Å². The van der Waals surface area contributed by atoms with Crippen molar-refractivity contribution in [3.8, 4) is 0 Å². The molecule has 1 aromatic heterocycles. The Labute approximate surface area is 104 Å². The molecule has 1 rings (SSSR count). The van der Waals surface area contributed by atoms with Gasteiger partial charge in [0.1, 0.15) is 17.4 Å². The first kappa shape index (κ1) is 13.6. The van der Waals surface area contributed by atoms with Crippen LogP contribution in [0.5, 0.6) is 0 Å². The van der Waals surface area contributed by atoms with E-state index in [2.05, 4.69) is 40.0 Å². The van der Waals surface area contributed by atoms with Gasteiger partial charge in [0.05, 0.1) is 5.33 Å². The Kier molecular flexibility index (Phi) is 4.49. The highest BCUT2D eigenvalue weighted by atomic mass is 79.9. The molecular weight excluding hydrogens is 294 g/mol. The minimum absolute atomic E-state index is 0.0558. The van der Waals surface area contributed by atoms with Gasteiger partial charge >= 0.3 is 0 Å². The van der Waals surface area contributed by atoms with E-state index >= 15 is 0 Å². The molecule has 5 nitrogen and oxygen atoms in total. The molecule has 0 aliphatic rings. The lowest BCUT2D eigenvalue weighted by Gasteiger charge is -2.11. The number of nitrogens with zero attached hydrogens (tertiary/aromatic N) is 3. The molecule has 0 unspecified atom stereocenters. The molecule has 1 aromatic rings. The predicted octanol–water partition coefficient (Wildman–Crippen LogP) is 1.37. The second kappa shape index (κ2) is 5.27.